The van der Waals surface area contributed by atoms with Gasteiger partial charge in [0.1, 0.15) is 6.11 Å². The fourth-order valence-corrected chi connectivity index (χ4v) is 2.08. The molecule has 0 fully saturated rings. The Morgan fingerprint density at radius 1 is 1.00 bits per heavy atom. The Bertz CT molecular complexity index is 936. The van der Waals surface area contributed by atoms with Gasteiger partial charge in [-0.15, -0.1) is 0 Å². The van der Waals surface area contributed by atoms with Crippen molar-refractivity contribution < 1.29 is 9.53 Å². The highest BCUT2D eigenvalue weighted by Gasteiger charge is 2.10. The molecule has 1 aromatic rings. The maximum Gasteiger partial charge on any atom is 0.348 e. The summed E-state index contributed by atoms with van der Waals surface area (Å²) in [5.74, 6) is 17.2. The van der Waals surface area contributed by atoms with E-state index in [2.05, 4.69) is 66.3 Å². The third-order valence-electron chi connectivity index (χ3n) is 3.54. The van der Waals surface area contributed by atoms with Crippen LogP contribution in [0.1, 0.15) is 26.3 Å². The van der Waals surface area contributed by atoms with Crippen molar-refractivity contribution in [3.8, 4) is 47.5 Å². The third-order valence-corrected chi connectivity index (χ3v) is 3.54. The number of hydrogen-bond acceptors (Lipinski definition) is 3. The molecule has 3 nitrogen and oxygen atoms in total. The molecule has 0 saturated heterocycles. The van der Waals surface area contributed by atoms with E-state index in [0.29, 0.717) is 12.0 Å². The Labute approximate surface area is 168 Å². The van der Waals surface area contributed by atoms with Gasteiger partial charge in [-0.3, -0.25) is 0 Å². The first-order valence-corrected chi connectivity index (χ1v) is 8.99. The number of hydrogen-bond donors (Lipinski definition) is 0. The number of benzene rings is 1. The first-order chi connectivity index (χ1) is 13.7. The fraction of sp³-hybridized carbons (Fsp3) is 0.240. The normalized spacial score (nSPS) is 9.46. The molecule has 0 aliphatic carbocycles. The van der Waals surface area contributed by atoms with Crippen LogP contribution in [0.15, 0.2) is 54.3 Å². The van der Waals surface area contributed by atoms with Gasteiger partial charge in [-0.2, -0.15) is 0 Å². The summed E-state index contributed by atoms with van der Waals surface area (Å²) >= 11 is 0. The van der Waals surface area contributed by atoms with Crippen molar-refractivity contribution >= 4 is 5.97 Å². The van der Waals surface area contributed by atoms with Gasteiger partial charge in [0.25, 0.3) is 0 Å². The second kappa shape index (κ2) is 14.4. The Morgan fingerprint density at radius 2 is 1.64 bits per heavy atom. The number of esters is 1. The minimum atomic E-state index is -0.495. The summed E-state index contributed by atoms with van der Waals surface area (Å²) in [5.41, 5.74) is 1.52. The first kappa shape index (κ1) is 22.3. The molecule has 0 spiro atoms. The van der Waals surface area contributed by atoms with Crippen LogP contribution in [0.3, 0.4) is 0 Å². The van der Waals surface area contributed by atoms with Crippen molar-refractivity contribution in [1.82, 2.24) is 4.90 Å². The zero-order valence-corrected chi connectivity index (χ0v) is 16.5. The summed E-state index contributed by atoms with van der Waals surface area (Å²) in [7, 11) is 0. The van der Waals surface area contributed by atoms with Crippen LogP contribution in [0.4, 0.5) is 0 Å². The standard InChI is InChI=1S/C25H23NO2/c1-4-7-8-9-10-11-15-21-28-25(27)24(19-16-20-26(5-2)6-3)22-23-17-13-12-14-18-23/h12-14,16-20H,5-6,22H2,1-3H3/b20-16+,24-19+. The summed E-state index contributed by atoms with van der Waals surface area (Å²) in [6, 6.07) is 9.73. The minimum absolute atomic E-state index is 0.455. The highest BCUT2D eigenvalue weighted by Crippen LogP contribution is 2.10. The molecule has 0 atom stereocenters. The molecule has 0 N–H and O–H groups in total. The predicted molar refractivity (Wildman–Crippen MR) is 113 cm³/mol. The van der Waals surface area contributed by atoms with E-state index in [0.717, 1.165) is 18.7 Å². The number of nitrogens with zero attached hydrogens (tertiary/aromatic N) is 1. The van der Waals surface area contributed by atoms with E-state index in [4.69, 9.17) is 4.74 Å². The average Bonchev–Trinajstić information content (AvgIpc) is 2.73. The van der Waals surface area contributed by atoms with Crippen molar-refractivity contribution in [2.45, 2.75) is 27.2 Å². The molecule has 28 heavy (non-hydrogen) atoms. The molecule has 1 aromatic carbocycles. The molecule has 0 aromatic heterocycles. The highest BCUT2D eigenvalue weighted by atomic mass is 16.5. The van der Waals surface area contributed by atoms with E-state index in [1.165, 1.54) is 0 Å². The Kier molecular flexibility index (Phi) is 11.4. The van der Waals surface area contributed by atoms with E-state index in [1.807, 2.05) is 42.6 Å². The maximum atomic E-state index is 12.4. The summed E-state index contributed by atoms with van der Waals surface area (Å²) in [6.07, 6.45) is 8.33. The average molecular weight is 369 g/mol. The smallest absolute Gasteiger partial charge is 0.348 e. The van der Waals surface area contributed by atoms with Crippen molar-refractivity contribution in [2.75, 3.05) is 13.1 Å². The molecule has 0 aliphatic heterocycles. The van der Waals surface area contributed by atoms with Crippen molar-refractivity contribution in [2.24, 2.45) is 0 Å². The molecule has 1 rings (SSSR count). The Morgan fingerprint density at radius 3 is 2.29 bits per heavy atom. The lowest BCUT2D eigenvalue weighted by Crippen LogP contribution is -2.15. The van der Waals surface area contributed by atoms with Gasteiger partial charge in [-0.25, -0.2) is 4.79 Å². The van der Waals surface area contributed by atoms with Crippen LogP contribution in [-0.2, 0) is 16.0 Å². The van der Waals surface area contributed by atoms with Gasteiger partial charge in [-0.05, 0) is 62.4 Å². The number of carbonyl (C=O) groups excluding carboxylic acids is 1. The van der Waals surface area contributed by atoms with Crippen LogP contribution in [0.25, 0.3) is 0 Å². The number of rotatable bonds is 7. The molecule has 0 heterocycles. The third kappa shape index (κ3) is 9.63. The molecule has 0 bridgehead atoms. The van der Waals surface area contributed by atoms with Gasteiger partial charge in [0, 0.05) is 42.8 Å². The van der Waals surface area contributed by atoms with E-state index in [-0.39, 0.29) is 0 Å². The number of allylic oxidation sites excluding steroid dienone is 2. The van der Waals surface area contributed by atoms with Crippen molar-refractivity contribution in [1.29, 1.82) is 0 Å². The quantitative estimate of drug-likeness (QED) is 0.319. The molecule has 0 saturated carbocycles. The molecule has 0 radical (unpaired) electrons. The SMILES string of the molecule is CC#CC#CC#CC#COC(=O)/C(=C/C=C/N(CC)CC)Cc1ccccc1. The largest absolute Gasteiger partial charge is 0.378 e. The summed E-state index contributed by atoms with van der Waals surface area (Å²) in [4.78, 5) is 14.5. The molecule has 0 unspecified atom stereocenters. The maximum absolute atomic E-state index is 12.4. The van der Waals surface area contributed by atoms with E-state index >= 15 is 0 Å². The Balaban J connectivity index is 2.87. The van der Waals surface area contributed by atoms with Crippen molar-refractivity contribution in [3.05, 3.63) is 59.8 Å². The minimum Gasteiger partial charge on any atom is -0.378 e. The van der Waals surface area contributed by atoms with Crippen LogP contribution in [0.2, 0.25) is 0 Å². The van der Waals surface area contributed by atoms with Crippen LogP contribution < -0.4 is 0 Å². The van der Waals surface area contributed by atoms with E-state index in [1.54, 1.807) is 13.0 Å². The van der Waals surface area contributed by atoms with Crippen LogP contribution in [0, 0.1) is 47.5 Å². The number of ether oxygens (including phenoxy) is 1. The van der Waals surface area contributed by atoms with Gasteiger partial charge in [0.2, 0.25) is 0 Å². The van der Waals surface area contributed by atoms with E-state index in [9.17, 15) is 4.79 Å². The lowest BCUT2D eigenvalue weighted by atomic mass is 10.1. The van der Waals surface area contributed by atoms with Crippen molar-refractivity contribution in [3.63, 3.8) is 0 Å². The monoisotopic (exact) mass is 369 g/mol. The second-order valence-corrected chi connectivity index (χ2v) is 5.41. The lowest BCUT2D eigenvalue weighted by molar-refractivity contribution is -0.132. The Hall–Kier alpha value is -3.79. The van der Waals surface area contributed by atoms with Crippen LogP contribution in [0.5, 0.6) is 0 Å². The summed E-state index contributed by atoms with van der Waals surface area (Å²) in [6.45, 7) is 7.64. The van der Waals surface area contributed by atoms with Crippen LogP contribution >= 0.6 is 0 Å². The molecule has 0 amide bonds. The molecular weight excluding hydrogens is 346 g/mol. The zero-order chi connectivity index (χ0) is 20.5. The molecule has 3 heteroatoms. The van der Waals surface area contributed by atoms with Gasteiger partial charge in [-0.1, -0.05) is 36.3 Å². The summed E-state index contributed by atoms with van der Waals surface area (Å²) in [5, 5.41) is 0. The van der Waals surface area contributed by atoms with E-state index < -0.39 is 5.97 Å². The molecule has 140 valence electrons. The highest BCUT2D eigenvalue weighted by molar-refractivity contribution is 5.90. The predicted octanol–water partition coefficient (Wildman–Crippen LogP) is 3.55. The topological polar surface area (TPSA) is 29.5 Å². The van der Waals surface area contributed by atoms with Gasteiger partial charge >= 0.3 is 5.97 Å². The summed E-state index contributed by atoms with van der Waals surface area (Å²) < 4.78 is 5.02. The fourth-order valence-electron chi connectivity index (χ4n) is 2.08. The second-order valence-electron chi connectivity index (χ2n) is 5.41. The molecular formula is C25H23NO2. The van der Waals surface area contributed by atoms with Gasteiger partial charge < -0.3 is 9.64 Å². The zero-order valence-electron chi connectivity index (χ0n) is 16.5. The van der Waals surface area contributed by atoms with Gasteiger partial charge in [0.05, 0.1) is 0 Å². The van der Waals surface area contributed by atoms with Crippen LogP contribution in [-0.4, -0.2) is 24.0 Å². The first-order valence-electron chi connectivity index (χ1n) is 8.99. The lowest BCUT2D eigenvalue weighted by Gasteiger charge is -2.14. The number of carbonyl (C=O) groups is 1. The molecule has 0 aliphatic rings. The van der Waals surface area contributed by atoms with Gasteiger partial charge in [0.15, 0.2) is 0 Å².